The summed E-state index contributed by atoms with van der Waals surface area (Å²) in [4.78, 5) is 18.3. The molecule has 1 N–H and O–H groups in total. The van der Waals surface area contributed by atoms with Gasteiger partial charge in [0.2, 0.25) is 0 Å². The number of benzene rings is 1. The Kier molecular flexibility index (Phi) is 4.29. The second-order valence-corrected chi connectivity index (χ2v) is 4.79. The number of nitrogens with zero attached hydrogens (tertiary/aromatic N) is 2. The molecule has 0 bridgehead atoms. The Morgan fingerprint density at radius 2 is 2.15 bits per heavy atom. The van der Waals surface area contributed by atoms with E-state index in [2.05, 4.69) is 10.3 Å². The van der Waals surface area contributed by atoms with Gasteiger partial charge in [-0.15, -0.1) is 0 Å². The molecule has 0 saturated carbocycles. The van der Waals surface area contributed by atoms with Crippen LogP contribution in [0.1, 0.15) is 16.1 Å². The molecule has 106 valence electrons. The molecular formula is C15H18FN3O. The highest BCUT2D eigenvalue weighted by Crippen LogP contribution is 2.18. The third kappa shape index (κ3) is 2.93. The average Bonchev–Trinajstić information content (AvgIpc) is 2.43. The van der Waals surface area contributed by atoms with Gasteiger partial charge in [0.25, 0.3) is 5.91 Å². The van der Waals surface area contributed by atoms with Gasteiger partial charge in [-0.05, 0) is 32.2 Å². The van der Waals surface area contributed by atoms with E-state index < -0.39 is 0 Å². The minimum absolute atomic E-state index is 0.0727. The van der Waals surface area contributed by atoms with Crippen LogP contribution < -0.4 is 5.32 Å². The number of carbonyl (C=O) groups is 1. The first-order valence-electron chi connectivity index (χ1n) is 6.50. The number of carbonyl (C=O) groups excluding carboxylic acids is 1. The molecule has 1 heterocycles. The number of aromatic nitrogens is 1. The lowest BCUT2D eigenvalue weighted by molar-refractivity contribution is 0.0796. The maximum absolute atomic E-state index is 13.2. The summed E-state index contributed by atoms with van der Waals surface area (Å²) in [6, 6.07) is 6.16. The van der Waals surface area contributed by atoms with Crippen molar-refractivity contribution in [2.45, 2.75) is 6.92 Å². The Morgan fingerprint density at radius 3 is 2.85 bits per heavy atom. The van der Waals surface area contributed by atoms with Gasteiger partial charge in [-0.3, -0.25) is 9.78 Å². The van der Waals surface area contributed by atoms with Crippen LogP contribution >= 0.6 is 0 Å². The van der Waals surface area contributed by atoms with E-state index in [0.29, 0.717) is 23.3 Å². The number of hydrogen-bond acceptors (Lipinski definition) is 3. The molecule has 0 spiro atoms. The number of rotatable bonds is 4. The molecule has 0 unspecified atom stereocenters. The van der Waals surface area contributed by atoms with E-state index in [9.17, 15) is 9.18 Å². The molecule has 4 nitrogen and oxygen atoms in total. The molecule has 0 atom stereocenters. The number of fused-ring (bicyclic) bond motifs is 1. The van der Waals surface area contributed by atoms with Crippen molar-refractivity contribution >= 4 is 16.8 Å². The lowest BCUT2D eigenvalue weighted by atomic mass is 10.1. The topological polar surface area (TPSA) is 45.2 Å². The summed E-state index contributed by atoms with van der Waals surface area (Å²) in [5.74, 6) is -0.397. The smallest absolute Gasteiger partial charge is 0.255 e. The van der Waals surface area contributed by atoms with Crippen LogP contribution in [0.5, 0.6) is 0 Å². The van der Waals surface area contributed by atoms with Gasteiger partial charge in [-0.2, -0.15) is 0 Å². The zero-order valence-corrected chi connectivity index (χ0v) is 11.9. The third-order valence-electron chi connectivity index (χ3n) is 3.24. The number of likely N-dealkylation sites (N-methyl/N-ethyl adjacent to an activating group) is 2. The first-order valence-corrected chi connectivity index (χ1v) is 6.50. The largest absolute Gasteiger partial charge is 0.340 e. The summed E-state index contributed by atoms with van der Waals surface area (Å²) in [6.45, 7) is 3.12. The molecule has 0 aliphatic heterocycles. The van der Waals surface area contributed by atoms with Crippen LogP contribution in [-0.4, -0.2) is 43.0 Å². The van der Waals surface area contributed by atoms with Crippen molar-refractivity contribution in [1.29, 1.82) is 0 Å². The van der Waals surface area contributed by atoms with Gasteiger partial charge in [0, 0.05) is 31.6 Å². The first-order chi connectivity index (χ1) is 9.52. The summed E-state index contributed by atoms with van der Waals surface area (Å²) in [7, 11) is 3.60. The number of nitrogens with one attached hydrogen (secondary N) is 1. The minimum atomic E-state index is -0.324. The van der Waals surface area contributed by atoms with Gasteiger partial charge >= 0.3 is 0 Å². The Balaban J connectivity index is 2.36. The Labute approximate surface area is 117 Å². The summed E-state index contributed by atoms with van der Waals surface area (Å²) in [6.07, 6.45) is 0. The molecule has 0 fully saturated rings. The number of pyridine rings is 1. The van der Waals surface area contributed by atoms with E-state index in [1.807, 2.05) is 7.05 Å². The van der Waals surface area contributed by atoms with Gasteiger partial charge in [0.1, 0.15) is 5.82 Å². The molecule has 2 aromatic rings. The predicted molar refractivity (Wildman–Crippen MR) is 77.3 cm³/mol. The van der Waals surface area contributed by atoms with Crippen molar-refractivity contribution in [3.05, 3.63) is 41.3 Å². The van der Waals surface area contributed by atoms with Crippen molar-refractivity contribution in [2.75, 3.05) is 27.2 Å². The molecule has 2 rings (SSSR count). The highest BCUT2D eigenvalue weighted by Gasteiger charge is 2.15. The highest BCUT2D eigenvalue weighted by molar-refractivity contribution is 5.98. The van der Waals surface area contributed by atoms with E-state index in [-0.39, 0.29) is 11.7 Å². The highest BCUT2D eigenvalue weighted by atomic mass is 19.1. The average molecular weight is 275 g/mol. The van der Waals surface area contributed by atoms with E-state index in [1.165, 1.54) is 12.1 Å². The standard InChI is InChI=1S/C15H18FN3O/c1-10-13(15(20)19(3)7-6-17-2)8-11-4-5-12(16)9-14(11)18-10/h4-5,8-9,17H,6-7H2,1-3H3. The Bertz CT molecular complexity index is 642. The van der Waals surface area contributed by atoms with E-state index in [4.69, 9.17) is 0 Å². The zero-order valence-electron chi connectivity index (χ0n) is 11.9. The van der Waals surface area contributed by atoms with Gasteiger partial charge in [-0.25, -0.2) is 4.39 Å². The SMILES string of the molecule is CNCCN(C)C(=O)c1cc2ccc(F)cc2nc1C. The van der Waals surface area contributed by atoms with Crippen molar-refractivity contribution < 1.29 is 9.18 Å². The summed E-state index contributed by atoms with van der Waals surface area (Å²) >= 11 is 0. The molecule has 0 saturated heterocycles. The monoisotopic (exact) mass is 275 g/mol. The molecule has 1 aromatic carbocycles. The summed E-state index contributed by atoms with van der Waals surface area (Å²) < 4.78 is 13.2. The van der Waals surface area contributed by atoms with Crippen LogP contribution in [0.25, 0.3) is 10.9 Å². The summed E-state index contributed by atoms with van der Waals surface area (Å²) in [5.41, 5.74) is 1.74. The zero-order chi connectivity index (χ0) is 14.7. The van der Waals surface area contributed by atoms with Crippen molar-refractivity contribution in [1.82, 2.24) is 15.2 Å². The van der Waals surface area contributed by atoms with E-state index in [1.54, 1.807) is 31.0 Å². The van der Waals surface area contributed by atoms with E-state index >= 15 is 0 Å². The fraction of sp³-hybridized carbons (Fsp3) is 0.333. The minimum Gasteiger partial charge on any atom is -0.340 e. The van der Waals surface area contributed by atoms with E-state index in [0.717, 1.165) is 11.9 Å². The maximum Gasteiger partial charge on any atom is 0.255 e. The number of amides is 1. The molecule has 20 heavy (non-hydrogen) atoms. The lowest BCUT2D eigenvalue weighted by Crippen LogP contribution is -2.33. The quantitative estimate of drug-likeness (QED) is 0.928. The van der Waals surface area contributed by atoms with Crippen LogP contribution in [0.3, 0.4) is 0 Å². The molecule has 0 radical (unpaired) electrons. The van der Waals surface area contributed by atoms with Crippen LogP contribution in [0.15, 0.2) is 24.3 Å². The van der Waals surface area contributed by atoms with Crippen LogP contribution in [0, 0.1) is 12.7 Å². The fourth-order valence-electron chi connectivity index (χ4n) is 2.04. The fourth-order valence-corrected chi connectivity index (χ4v) is 2.04. The Morgan fingerprint density at radius 1 is 1.40 bits per heavy atom. The predicted octanol–water partition coefficient (Wildman–Crippen LogP) is 1.97. The van der Waals surface area contributed by atoms with Crippen molar-refractivity contribution in [3.8, 4) is 0 Å². The maximum atomic E-state index is 13.2. The molecule has 1 amide bonds. The normalized spacial score (nSPS) is 10.8. The van der Waals surface area contributed by atoms with Crippen LogP contribution in [0.4, 0.5) is 4.39 Å². The molecule has 0 aliphatic rings. The first kappa shape index (κ1) is 14.4. The van der Waals surface area contributed by atoms with Gasteiger partial charge < -0.3 is 10.2 Å². The van der Waals surface area contributed by atoms with Crippen molar-refractivity contribution in [2.24, 2.45) is 0 Å². The molecule has 1 aromatic heterocycles. The number of hydrogen-bond donors (Lipinski definition) is 1. The summed E-state index contributed by atoms with van der Waals surface area (Å²) in [5, 5.41) is 3.77. The molecular weight excluding hydrogens is 257 g/mol. The van der Waals surface area contributed by atoms with Crippen LogP contribution in [-0.2, 0) is 0 Å². The van der Waals surface area contributed by atoms with Crippen molar-refractivity contribution in [3.63, 3.8) is 0 Å². The van der Waals surface area contributed by atoms with Gasteiger partial charge in [-0.1, -0.05) is 0 Å². The molecule has 5 heteroatoms. The second-order valence-electron chi connectivity index (χ2n) is 4.79. The van der Waals surface area contributed by atoms with Gasteiger partial charge in [0.05, 0.1) is 16.8 Å². The van der Waals surface area contributed by atoms with Crippen LogP contribution in [0.2, 0.25) is 0 Å². The number of aryl methyl sites for hydroxylation is 1. The molecule has 0 aliphatic carbocycles. The number of halogens is 1. The van der Waals surface area contributed by atoms with Gasteiger partial charge in [0.15, 0.2) is 0 Å². The Hall–Kier alpha value is -2.01. The second kappa shape index (κ2) is 5.96. The third-order valence-corrected chi connectivity index (χ3v) is 3.24. The lowest BCUT2D eigenvalue weighted by Gasteiger charge is -2.18.